The maximum atomic E-state index is 14.2. The van der Waals surface area contributed by atoms with Gasteiger partial charge in [0.2, 0.25) is 0 Å². The van der Waals surface area contributed by atoms with Gasteiger partial charge >= 0.3 is 0 Å². The zero-order valence-electron chi connectivity index (χ0n) is 15.7. The van der Waals surface area contributed by atoms with Crippen LogP contribution in [-0.4, -0.2) is 30.8 Å². The number of hydrogen-bond acceptors (Lipinski definition) is 4. The summed E-state index contributed by atoms with van der Waals surface area (Å²) >= 11 is 0. The van der Waals surface area contributed by atoms with Crippen LogP contribution < -0.4 is 4.90 Å². The summed E-state index contributed by atoms with van der Waals surface area (Å²) in [5.74, 6) is -2.83. The molecule has 0 radical (unpaired) electrons. The molecule has 2 aromatic rings. The molecule has 2 aromatic carbocycles. The van der Waals surface area contributed by atoms with Crippen molar-refractivity contribution in [1.82, 2.24) is 0 Å². The molecule has 5 nitrogen and oxygen atoms in total. The van der Waals surface area contributed by atoms with Gasteiger partial charge in [0, 0.05) is 23.7 Å². The molecule has 1 amide bonds. The SMILES string of the molecule is O=C1N(CC2CC2)c2ccc(C(O)c3ccc(F)cc3F)cc2C12OCCCO2. The number of hydrogen-bond donors (Lipinski definition) is 1. The second-order valence-corrected chi connectivity index (χ2v) is 7.87. The van der Waals surface area contributed by atoms with Gasteiger partial charge in [0.25, 0.3) is 11.7 Å². The highest BCUT2D eigenvalue weighted by Gasteiger charge is 2.55. The molecule has 152 valence electrons. The first-order valence-electron chi connectivity index (χ1n) is 9.87. The standard InChI is InChI=1S/C22H21F2NO4/c23-15-5-6-16(18(24)11-15)20(26)14-4-7-19-17(10-14)22(28-8-1-9-29-22)21(27)25(19)12-13-2-3-13/h4-7,10-11,13,20,26H,1-3,8-9,12H2. The van der Waals surface area contributed by atoms with Crippen LogP contribution in [0.2, 0.25) is 0 Å². The Morgan fingerprint density at radius 2 is 1.90 bits per heavy atom. The summed E-state index contributed by atoms with van der Waals surface area (Å²) in [6, 6.07) is 8.09. The van der Waals surface area contributed by atoms with Gasteiger partial charge in [0.05, 0.1) is 18.9 Å². The van der Waals surface area contributed by atoms with Gasteiger partial charge in [-0.3, -0.25) is 4.79 Å². The highest BCUT2D eigenvalue weighted by molar-refractivity contribution is 6.06. The molecule has 1 aliphatic carbocycles. The van der Waals surface area contributed by atoms with E-state index in [1.165, 1.54) is 6.07 Å². The average molecular weight is 401 g/mol. The maximum Gasteiger partial charge on any atom is 0.292 e. The van der Waals surface area contributed by atoms with Crippen molar-refractivity contribution >= 4 is 11.6 Å². The summed E-state index contributed by atoms with van der Waals surface area (Å²) in [5.41, 5.74) is 1.57. The molecule has 1 spiro atoms. The minimum Gasteiger partial charge on any atom is -0.384 e. The van der Waals surface area contributed by atoms with Crippen LogP contribution in [0.3, 0.4) is 0 Å². The molecule has 0 aromatic heterocycles. The number of anilines is 1. The Hall–Kier alpha value is -2.35. The third-order valence-electron chi connectivity index (χ3n) is 5.80. The monoisotopic (exact) mass is 401 g/mol. The fraction of sp³-hybridized carbons (Fsp3) is 0.409. The van der Waals surface area contributed by atoms with E-state index in [4.69, 9.17) is 9.47 Å². The third kappa shape index (κ3) is 3.04. The number of carbonyl (C=O) groups is 1. The zero-order chi connectivity index (χ0) is 20.2. The maximum absolute atomic E-state index is 14.2. The van der Waals surface area contributed by atoms with Crippen molar-refractivity contribution in [3.8, 4) is 0 Å². The first-order valence-corrected chi connectivity index (χ1v) is 9.87. The van der Waals surface area contributed by atoms with Crippen molar-refractivity contribution in [2.24, 2.45) is 5.92 Å². The molecule has 7 heteroatoms. The summed E-state index contributed by atoms with van der Waals surface area (Å²) in [4.78, 5) is 15.0. The van der Waals surface area contributed by atoms with E-state index in [0.29, 0.717) is 48.9 Å². The summed E-state index contributed by atoms with van der Waals surface area (Å²) in [6.45, 7) is 1.39. The molecular weight excluding hydrogens is 380 g/mol. The molecule has 1 atom stereocenters. The second-order valence-electron chi connectivity index (χ2n) is 7.87. The molecule has 2 fully saturated rings. The molecule has 1 saturated heterocycles. The highest BCUT2D eigenvalue weighted by Crippen LogP contribution is 2.48. The van der Waals surface area contributed by atoms with E-state index in [0.717, 1.165) is 25.0 Å². The van der Waals surface area contributed by atoms with E-state index < -0.39 is 23.5 Å². The topological polar surface area (TPSA) is 59.0 Å². The molecule has 2 heterocycles. The van der Waals surface area contributed by atoms with Crippen LogP contribution in [0.25, 0.3) is 0 Å². The second kappa shape index (κ2) is 6.86. The third-order valence-corrected chi connectivity index (χ3v) is 5.80. The van der Waals surface area contributed by atoms with Crippen LogP contribution in [-0.2, 0) is 20.1 Å². The summed E-state index contributed by atoms with van der Waals surface area (Å²) in [5, 5.41) is 10.7. The van der Waals surface area contributed by atoms with Crippen molar-refractivity contribution in [2.45, 2.75) is 31.2 Å². The molecule has 0 bridgehead atoms. The van der Waals surface area contributed by atoms with Crippen LogP contribution in [0.1, 0.15) is 42.1 Å². The lowest BCUT2D eigenvalue weighted by Gasteiger charge is -2.32. The van der Waals surface area contributed by atoms with Gasteiger partial charge in [-0.25, -0.2) is 8.78 Å². The number of ether oxygens (including phenoxy) is 2. The number of benzene rings is 2. The molecule has 2 aliphatic heterocycles. The van der Waals surface area contributed by atoms with Crippen LogP contribution in [0.5, 0.6) is 0 Å². The summed E-state index contributed by atoms with van der Waals surface area (Å²) in [7, 11) is 0. The molecule has 3 aliphatic rings. The Balaban J connectivity index is 1.57. The van der Waals surface area contributed by atoms with Crippen LogP contribution in [0, 0.1) is 17.6 Å². The summed E-state index contributed by atoms with van der Waals surface area (Å²) < 4.78 is 39.1. The number of rotatable bonds is 4. The normalized spacial score (nSPS) is 21.5. The largest absolute Gasteiger partial charge is 0.384 e. The first-order chi connectivity index (χ1) is 14.0. The van der Waals surface area contributed by atoms with Crippen LogP contribution in [0.4, 0.5) is 14.5 Å². The van der Waals surface area contributed by atoms with Gasteiger partial charge < -0.3 is 19.5 Å². The predicted octanol–water partition coefficient (Wildman–Crippen LogP) is 3.39. The first kappa shape index (κ1) is 18.7. The number of fused-ring (bicyclic) bond motifs is 2. The highest BCUT2D eigenvalue weighted by atomic mass is 19.1. The predicted molar refractivity (Wildman–Crippen MR) is 100 cm³/mol. The average Bonchev–Trinajstić information content (AvgIpc) is 3.52. The lowest BCUT2D eigenvalue weighted by molar-refractivity contribution is -0.256. The Bertz CT molecular complexity index is 969. The molecular formula is C22H21F2NO4. The molecule has 5 rings (SSSR count). The quantitative estimate of drug-likeness (QED) is 0.853. The van der Waals surface area contributed by atoms with Crippen molar-refractivity contribution < 1.29 is 28.2 Å². The smallest absolute Gasteiger partial charge is 0.292 e. The molecule has 29 heavy (non-hydrogen) atoms. The van der Waals surface area contributed by atoms with Gasteiger partial charge in [0.1, 0.15) is 17.7 Å². The Morgan fingerprint density at radius 1 is 1.14 bits per heavy atom. The van der Waals surface area contributed by atoms with Gasteiger partial charge in [-0.05, 0) is 48.9 Å². The van der Waals surface area contributed by atoms with E-state index in [-0.39, 0.29) is 11.5 Å². The Kier molecular flexibility index (Phi) is 4.42. The van der Waals surface area contributed by atoms with E-state index in [2.05, 4.69) is 0 Å². The van der Waals surface area contributed by atoms with E-state index in [1.54, 1.807) is 23.1 Å². The van der Waals surface area contributed by atoms with Crippen molar-refractivity contribution in [3.05, 3.63) is 64.7 Å². The van der Waals surface area contributed by atoms with Crippen LogP contribution in [0.15, 0.2) is 36.4 Å². The van der Waals surface area contributed by atoms with Crippen molar-refractivity contribution in [3.63, 3.8) is 0 Å². The number of nitrogens with zero attached hydrogens (tertiary/aromatic N) is 1. The Labute approximate surface area is 166 Å². The minimum atomic E-state index is -1.51. The van der Waals surface area contributed by atoms with E-state index in [1.807, 2.05) is 0 Å². The molecule has 1 N–H and O–H groups in total. The lowest BCUT2D eigenvalue weighted by Crippen LogP contribution is -2.47. The number of carbonyl (C=O) groups excluding carboxylic acids is 1. The minimum absolute atomic E-state index is 0.0370. The number of aliphatic hydroxyl groups is 1. The molecule has 1 saturated carbocycles. The lowest BCUT2D eigenvalue weighted by atomic mass is 9.96. The van der Waals surface area contributed by atoms with Gasteiger partial charge in [-0.1, -0.05) is 12.1 Å². The van der Waals surface area contributed by atoms with Crippen molar-refractivity contribution in [1.29, 1.82) is 0 Å². The Morgan fingerprint density at radius 3 is 2.59 bits per heavy atom. The number of aliphatic hydroxyl groups excluding tert-OH is 1. The van der Waals surface area contributed by atoms with Gasteiger partial charge in [0.15, 0.2) is 0 Å². The zero-order valence-corrected chi connectivity index (χ0v) is 15.7. The fourth-order valence-electron chi connectivity index (χ4n) is 4.08. The number of halogens is 2. The van der Waals surface area contributed by atoms with Crippen LogP contribution >= 0.6 is 0 Å². The van der Waals surface area contributed by atoms with Gasteiger partial charge in [-0.2, -0.15) is 0 Å². The van der Waals surface area contributed by atoms with Gasteiger partial charge in [-0.15, -0.1) is 0 Å². The van der Waals surface area contributed by atoms with E-state index in [9.17, 15) is 18.7 Å². The number of amides is 1. The summed E-state index contributed by atoms with van der Waals surface area (Å²) in [6.07, 6.45) is 1.56. The van der Waals surface area contributed by atoms with E-state index >= 15 is 0 Å². The van der Waals surface area contributed by atoms with Crippen molar-refractivity contribution in [2.75, 3.05) is 24.7 Å². The molecule has 1 unspecified atom stereocenters. The fourth-order valence-corrected chi connectivity index (χ4v) is 4.08.